The topological polar surface area (TPSA) is 0 Å². The maximum absolute atomic E-state index is 4.39. The van der Waals surface area contributed by atoms with Crippen LogP contribution in [0.4, 0.5) is 0 Å². The summed E-state index contributed by atoms with van der Waals surface area (Å²) in [6.07, 6.45) is 21.7. The van der Waals surface area contributed by atoms with Gasteiger partial charge in [-0.05, 0) is 55.5 Å². The fourth-order valence-corrected chi connectivity index (χ4v) is 9.17. The van der Waals surface area contributed by atoms with Crippen LogP contribution in [0.1, 0.15) is 77.0 Å². The molecule has 3 rings (SSSR count). The summed E-state index contributed by atoms with van der Waals surface area (Å²) in [6, 6.07) is 0. The molecule has 0 aromatic rings. The Kier molecular flexibility index (Phi) is 9.86. The Morgan fingerprint density at radius 3 is 1.00 bits per heavy atom. The Morgan fingerprint density at radius 1 is 0.579 bits per heavy atom. The molecule has 3 heteroatoms. The molecule has 116 valence electrons. The van der Waals surface area contributed by atoms with Crippen molar-refractivity contribution in [2.75, 3.05) is 0 Å². The van der Waals surface area contributed by atoms with Crippen molar-refractivity contribution in [3.05, 3.63) is 6.38 Å². The number of rotatable bonds is 3. The molecule has 0 atom stereocenters. The van der Waals surface area contributed by atoms with Crippen molar-refractivity contribution in [1.82, 2.24) is 0 Å². The van der Waals surface area contributed by atoms with Gasteiger partial charge >= 0.3 is 0 Å². The van der Waals surface area contributed by atoms with E-state index in [0.29, 0.717) is 7.92 Å². The second-order valence-corrected chi connectivity index (χ2v) is 9.35. The zero-order chi connectivity index (χ0) is 12.8. The Bertz CT molecular complexity index is 181. The second kappa shape index (κ2) is 10.2. The van der Waals surface area contributed by atoms with Gasteiger partial charge in [0.1, 0.15) is 0 Å². The van der Waals surface area contributed by atoms with E-state index in [1.54, 1.807) is 77.0 Å². The zero-order valence-corrected chi connectivity index (χ0v) is 15.3. The molecule has 0 radical (unpaired) electrons. The van der Waals surface area contributed by atoms with Crippen molar-refractivity contribution in [1.29, 1.82) is 0 Å². The van der Waals surface area contributed by atoms with E-state index >= 15 is 0 Å². The monoisotopic (exact) mass is 393 g/mol. The minimum absolute atomic E-state index is 0. The van der Waals surface area contributed by atoms with Gasteiger partial charge in [-0.3, -0.25) is 6.38 Å². The van der Waals surface area contributed by atoms with Crippen LogP contribution in [0, 0.1) is 6.38 Å². The molecule has 0 bridgehead atoms. The second-order valence-electron chi connectivity index (χ2n) is 6.26. The maximum Gasteiger partial charge on any atom is 0 e. The van der Waals surface area contributed by atoms with Crippen LogP contribution in [-0.2, 0) is 20.4 Å². The molecule has 3 aliphatic carbocycles. The van der Waals surface area contributed by atoms with Crippen molar-refractivity contribution < 1.29 is 20.4 Å². The molecular weight excluding hydrogens is 365 g/mol. The van der Waals surface area contributed by atoms with E-state index in [-0.39, 0.29) is 20.4 Å². The van der Waals surface area contributed by atoms with E-state index in [1.807, 2.05) is 0 Å². The summed E-state index contributed by atoms with van der Waals surface area (Å²) in [6.45, 7) is 0. The Hall–Kier alpha value is 1.38. The maximum atomic E-state index is 4.39. The average Bonchev–Trinajstić information content (AvgIpc) is 3.17. The molecule has 3 aliphatic rings. The molecule has 0 N–H and O–H groups in total. The van der Waals surface area contributed by atoms with Crippen LogP contribution in [0.5, 0.6) is 0 Å². The molecule has 3 saturated carbocycles. The van der Waals surface area contributed by atoms with Gasteiger partial charge in [-0.2, -0.15) is 0 Å². The number of hydrogen-bond donors (Lipinski definition) is 0. The summed E-state index contributed by atoms with van der Waals surface area (Å²) in [5, 5.41) is 0. The Labute approximate surface area is 140 Å². The van der Waals surface area contributed by atoms with Crippen molar-refractivity contribution in [2.24, 2.45) is 0 Å². The van der Waals surface area contributed by atoms with Gasteiger partial charge in [-0.1, -0.05) is 46.4 Å². The zero-order valence-electron chi connectivity index (χ0n) is 12.1. The van der Waals surface area contributed by atoms with Gasteiger partial charge in [0.15, 0.2) is 0 Å². The van der Waals surface area contributed by atoms with Gasteiger partial charge in [-0.25, -0.2) is 0 Å². The van der Waals surface area contributed by atoms with Gasteiger partial charge in [0.05, 0.1) is 0 Å². The smallest absolute Gasteiger partial charge is 0 e. The molecule has 0 nitrogen and oxygen atoms in total. The first-order valence-corrected chi connectivity index (χ1v) is 10.1. The van der Waals surface area contributed by atoms with Crippen LogP contribution >= 0.6 is 19.5 Å². The molecule has 0 aromatic heterocycles. The first-order valence-electron chi connectivity index (χ1n) is 7.99. The van der Waals surface area contributed by atoms with Gasteiger partial charge in [0.25, 0.3) is 0 Å². The summed E-state index contributed by atoms with van der Waals surface area (Å²) in [7, 11) is 0.436. The molecule has 0 saturated heterocycles. The molecule has 19 heavy (non-hydrogen) atoms. The fourth-order valence-electron chi connectivity index (χ4n) is 4.50. The third kappa shape index (κ3) is 4.95. The minimum Gasteiger partial charge on any atom is -0.352 e. The molecule has 0 unspecified atom stereocenters. The quantitative estimate of drug-likeness (QED) is 0.299. The minimum atomic E-state index is 0. The van der Waals surface area contributed by atoms with Crippen LogP contribution in [0.2, 0.25) is 0 Å². The standard InChI is InChI=1S/C15H27P.CH2Cl.Pd/c1-2-8-13(7-1)16(14-9-3-4-10-14)15-11-5-6-12-15;1-2;/h13-15H,1-12H2;1H2;/q;-1;. The van der Waals surface area contributed by atoms with Gasteiger partial charge in [-0.15, -0.1) is 0 Å². The van der Waals surface area contributed by atoms with E-state index < -0.39 is 0 Å². The molecule has 3 fully saturated rings. The largest absolute Gasteiger partial charge is 0.352 e. The van der Waals surface area contributed by atoms with Crippen LogP contribution in [-0.4, -0.2) is 17.0 Å². The Morgan fingerprint density at radius 2 is 0.789 bits per heavy atom. The summed E-state index contributed by atoms with van der Waals surface area (Å²) in [5.74, 6) is 0. The summed E-state index contributed by atoms with van der Waals surface area (Å²) in [4.78, 5) is 0. The predicted molar refractivity (Wildman–Crippen MR) is 84.9 cm³/mol. The summed E-state index contributed by atoms with van der Waals surface area (Å²) in [5.41, 5.74) is 3.63. The first-order chi connectivity index (χ1) is 8.95. The normalized spacial score (nSPS) is 25.4. The van der Waals surface area contributed by atoms with E-state index in [9.17, 15) is 0 Å². The van der Waals surface area contributed by atoms with Crippen LogP contribution in [0.15, 0.2) is 0 Å². The van der Waals surface area contributed by atoms with Crippen molar-refractivity contribution in [2.45, 2.75) is 94.0 Å². The molecule has 0 amide bonds. The van der Waals surface area contributed by atoms with Gasteiger partial charge in [0, 0.05) is 20.4 Å². The van der Waals surface area contributed by atoms with E-state index in [0.717, 1.165) is 0 Å². The van der Waals surface area contributed by atoms with Crippen LogP contribution < -0.4 is 0 Å². The van der Waals surface area contributed by atoms with Gasteiger partial charge < -0.3 is 11.6 Å². The van der Waals surface area contributed by atoms with E-state index in [4.69, 9.17) is 0 Å². The summed E-state index contributed by atoms with van der Waals surface area (Å²) >= 11 is 4.39. The number of hydrogen-bond acceptors (Lipinski definition) is 0. The molecule has 0 spiro atoms. The van der Waals surface area contributed by atoms with Crippen molar-refractivity contribution in [3.63, 3.8) is 0 Å². The first kappa shape index (κ1) is 18.4. The fraction of sp³-hybridized carbons (Fsp3) is 0.938. The third-order valence-electron chi connectivity index (χ3n) is 5.24. The average molecular weight is 394 g/mol. The third-order valence-corrected chi connectivity index (χ3v) is 9.32. The SMILES string of the molecule is C1CCC(P(C2CCCC2)C2CCCC2)C1.[CH2-]Cl.[Pd]. The van der Waals surface area contributed by atoms with Crippen LogP contribution in [0.3, 0.4) is 0 Å². The van der Waals surface area contributed by atoms with Crippen molar-refractivity contribution in [3.8, 4) is 0 Å². The summed E-state index contributed by atoms with van der Waals surface area (Å²) < 4.78 is 0. The predicted octanol–water partition coefficient (Wildman–Crippen LogP) is 6.31. The molecule has 0 aromatic carbocycles. The number of halogens is 1. The van der Waals surface area contributed by atoms with Crippen molar-refractivity contribution >= 4 is 19.5 Å². The van der Waals surface area contributed by atoms with Crippen LogP contribution in [0.25, 0.3) is 0 Å². The molecular formula is C16H29ClPPd-. The Balaban J connectivity index is 0.000000576. The van der Waals surface area contributed by atoms with E-state index in [1.165, 1.54) is 17.0 Å². The van der Waals surface area contributed by atoms with E-state index in [2.05, 4.69) is 18.0 Å². The molecule has 0 heterocycles. The molecule has 0 aliphatic heterocycles. The van der Waals surface area contributed by atoms with Gasteiger partial charge in [0.2, 0.25) is 0 Å².